The standard InChI is InChI=1S/C71H119NO13/c1-3-5-7-9-11-13-15-17-19-21-23-25-27-29-30-31-33-35-37-39-41-43-45-47-49-51-53-55-63(76)72-59(58-82-70-68(81)66(79)69(62(57-74)84-70)85-71-67(80)65(78)64(77)61(56-73)83-71)60(75)54-52-50-48-46-44-42-40-38-36-34-32-28-26-24-22-20-18-16-14-12-10-8-6-4-2/h5,7,11,13,17,19,23,25,29-30,33,35,39,41,44-47,52,54,59-62,64-71,73-75,77-81H,3-4,6,8-10,12,14-16,18,20-22,24,26-28,31-32,34,36-38,40,42-43,48-51,53,55-58H2,1-2H3,(H,72,76)/b7-5-,13-11-,19-17-,25-23-,30-29-,35-33-,41-39-,46-44+,47-45-,54-52+. The first-order valence-electron chi connectivity index (χ1n) is 33.3. The molecular formula is C71H119NO13. The second-order valence-corrected chi connectivity index (χ2v) is 22.9. The van der Waals surface area contributed by atoms with Gasteiger partial charge in [0.15, 0.2) is 12.6 Å². The van der Waals surface area contributed by atoms with Gasteiger partial charge in [-0.25, -0.2) is 0 Å². The monoisotopic (exact) mass is 1190 g/mol. The van der Waals surface area contributed by atoms with Gasteiger partial charge in [-0.05, 0) is 96.3 Å². The van der Waals surface area contributed by atoms with Crippen molar-refractivity contribution in [1.82, 2.24) is 5.32 Å². The SMILES string of the molecule is CC/C=C\C/C=C\C/C=C\C/C=C\C/C=C\C/C=C\C/C=C\C/C=C\CCCCC(=O)NC(COC1OC(CO)C(OC2OC(CO)C(O)C(O)C2O)C(O)C1O)C(O)/C=C/CC/C=C/CCCCCCCCCCCCCCCCCCCC. The van der Waals surface area contributed by atoms with Crippen LogP contribution in [0.15, 0.2) is 122 Å². The molecule has 2 aliphatic rings. The van der Waals surface area contributed by atoms with Crippen molar-refractivity contribution in [2.45, 2.75) is 299 Å². The lowest BCUT2D eigenvalue weighted by Crippen LogP contribution is -2.65. The average molecular weight is 1190 g/mol. The number of carbonyl (C=O) groups excluding carboxylic acids is 1. The highest BCUT2D eigenvalue weighted by molar-refractivity contribution is 5.76. The van der Waals surface area contributed by atoms with Crippen molar-refractivity contribution < 1.29 is 64.6 Å². The predicted octanol–water partition coefficient (Wildman–Crippen LogP) is 12.9. The number of carbonyl (C=O) groups is 1. The number of aliphatic hydroxyl groups excluding tert-OH is 8. The first kappa shape index (κ1) is 77.5. The maximum absolute atomic E-state index is 13.3. The minimum absolute atomic E-state index is 0.210. The summed E-state index contributed by atoms with van der Waals surface area (Å²) in [7, 11) is 0. The van der Waals surface area contributed by atoms with Gasteiger partial charge in [0.05, 0.1) is 32.0 Å². The van der Waals surface area contributed by atoms with Crippen LogP contribution in [0.25, 0.3) is 0 Å². The molecule has 486 valence electrons. The Balaban J connectivity index is 1.77. The highest BCUT2D eigenvalue weighted by Gasteiger charge is 2.51. The molecule has 14 heteroatoms. The fourth-order valence-electron chi connectivity index (χ4n) is 10.1. The molecular weight excluding hydrogens is 1070 g/mol. The number of allylic oxidation sites excluding steroid dienone is 19. The lowest BCUT2D eigenvalue weighted by Gasteiger charge is -2.46. The van der Waals surface area contributed by atoms with Gasteiger partial charge in [0.1, 0.15) is 48.8 Å². The third kappa shape index (κ3) is 39.1. The zero-order valence-corrected chi connectivity index (χ0v) is 52.6. The van der Waals surface area contributed by atoms with Crippen molar-refractivity contribution in [2.75, 3.05) is 19.8 Å². The van der Waals surface area contributed by atoms with Crippen LogP contribution in [-0.4, -0.2) is 140 Å². The minimum atomic E-state index is -1.80. The van der Waals surface area contributed by atoms with Gasteiger partial charge in [0, 0.05) is 6.42 Å². The Hall–Kier alpha value is -3.61. The maximum Gasteiger partial charge on any atom is 0.220 e. The van der Waals surface area contributed by atoms with Crippen molar-refractivity contribution >= 4 is 5.91 Å². The van der Waals surface area contributed by atoms with Crippen LogP contribution >= 0.6 is 0 Å². The molecule has 2 saturated heterocycles. The van der Waals surface area contributed by atoms with Gasteiger partial charge in [-0.15, -0.1) is 0 Å². The minimum Gasteiger partial charge on any atom is -0.394 e. The molecule has 12 unspecified atom stereocenters. The van der Waals surface area contributed by atoms with E-state index >= 15 is 0 Å². The molecule has 0 bridgehead atoms. The Morgan fingerprint density at radius 2 is 0.824 bits per heavy atom. The normalized spacial score (nSPS) is 24.4. The number of aliphatic hydroxyl groups is 8. The van der Waals surface area contributed by atoms with E-state index in [2.05, 4.69) is 129 Å². The molecule has 14 nitrogen and oxygen atoms in total. The molecule has 85 heavy (non-hydrogen) atoms. The van der Waals surface area contributed by atoms with E-state index in [-0.39, 0.29) is 18.9 Å². The summed E-state index contributed by atoms with van der Waals surface area (Å²) in [4.78, 5) is 13.3. The van der Waals surface area contributed by atoms with Gasteiger partial charge in [-0.2, -0.15) is 0 Å². The van der Waals surface area contributed by atoms with Gasteiger partial charge < -0.3 is 65.1 Å². The molecule has 0 aromatic carbocycles. The highest BCUT2D eigenvalue weighted by atomic mass is 16.7. The lowest BCUT2D eigenvalue weighted by molar-refractivity contribution is -0.359. The molecule has 0 saturated carbocycles. The molecule has 2 fully saturated rings. The topological polar surface area (TPSA) is 228 Å². The summed E-state index contributed by atoms with van der Waals surface area (Å²) in [5.41, 5.74) is 0. The molecule has 0 aromatic rings. The van der Waals surface area contributed by atoms with E-state index in [1.165, 1.54) is 116 Å². The first-order valence-corrected chi connectivity index (χ1v) is 33.3. The zero-order chi connectivity index (χ0) is 61.6. The Bertz CT molecular complexity index is 1890. The van der Waals surface area contributed by atoms with E-state index in [1.54, 1.807) is 6.08 Å². The average Bonchev–Trinajstić information content (AvgIpc) is 3.68. The van der Waals surface area contributed by atoms with Gasteiger partial charge in [0.2, 0.25) is 5.91 Å². The van der Waals surface area contributed by atoms with E-state index in [4.69, 9.17) is 18.9 Å². The number of nitrogens with one attached hydrogen (secondary N) is 1. The van der Waals surface area contributed by atoms with Crippen LogP contribution in [-0.2, 0) is 23.7 Å². The predicted molar refractivity (Wildman–Crippen MR) is 345 cm³/mol. The second kappa shape index (κ2) is 54.5. The van der Waals surface area contributed by atoms with Gasteiger partial charge in [-0.1, -0.05) is 245 Å². The first-order chi connectivity index (χ1) is 41.6. The Labute approximate surface area is 514 Å². The van der Waals surface area contributed by atoms with Crippen LogP contribution in [0, 0.1) is 0 Å². The zero-order valence-electron chi connectivity index (χ0n) is 52.6. The van der Waals surface area contributed by atoms with Gasteiger partial charge in [0.25, 0.3) is 0 Å². The molecule has 1 amide bonds. The summed E-state index contributed by atoms with van der Waals surface area (Å²) < 4.78 is 22.8. The maximum atomic E-state index is 13.3. The molecule has 9 N–H and O–H groups in total. The van der Waals surface area contributed by atoms with Crippen LogP contribution in [0.1, 0.15) is 226 Å². The van der Waals surface area contributed by atoms with Crippen molar-refractivity contribution in [3.63, 3.8) is 0 Å². The van der Waals surface area contributed by atoms with E-state index < -0.39 is 86.8 Å². The number of unbranched alkanes of at least 4 members (excludes halogenated alkanes) is 21. The lowest BCUT2D eigenvalue weighted by atomic mass is 9.97. The Kier molecular flexibility index (Phi) is 49.7. The van der Waals surface area contributed by atoms with Crippen LogP contribution in [0.5, 0.6) is 0 Å². The van der Waals surface area contributed by atoms with E-state index in [0.717, 1.165) is 77.0 Å². The summed E-state index contributed by atoms with van der Waals surface area (Å²) in [6, 6.07) is -0.966. The summed E-state index contributed by atoms with van der Waals surface area (Å²) >= 11 is 0. The second-order valence-electron chi connectivity index (χ2n) is 22.9. The summed E-state index contributed by atoms with van der Waals surface area (Å²) in [6.07, 6.45) is 62.4. The number of amides is 1. The summed E-state index contributed by atoms with van der Waals surface area (Å²) in [5, 5.41) is 87.3. The quantitative estimate of drug-likeness (QED) is 0.0204. The number of hydrogen-bond donors (Lipinski definition) is 9. The fraction of sp³-hybridized carbons (Fsp3) is 0.704. The number of ether oxygens (including phenoxy) is 4. The third-order valence-electron chi connectivity index (χ3n) is 15.4. The summed E-state index contributed by atoms with van der Waals surface area (Å²) in [6.45, 7) is 2.64. The van der Waals surface area contributed by atoms with Crippen molar-refractivity contribution in [3.8, 4) is 0 Å². The van der Waals surface area contributed by atoms with Crippen molar-refractivity contribution in [3.05, 3.63) is 122 Å². The van der Waals surface area contributed by atoms with Gasteiger partial charge >= 0.3 is 0 Å². The van der Waals surface area contributed by atoms with Crippen LogP contribution < -0.4 is 5.32 Å². The van der Waals surface area contributed by atoms with Crippen LogP contribution in [0.4, 0.5) is 0 Å². The van der Waals surface area contributed by atoms with Crippen LogP contribution in [0.3, 0.4) is 0 Å². The van der Waals surface area contributed by atoms with E-state index in [0.29, 0.717) is 12.8 Å². The molecule has 0 aliphatic carbocycles. The van der Waals surface area contributed by atoms with Gasteiger partial charge in [-0.3, -0.25) is 4.79 Å². The Morgan fingerprint density at radius 1 is 0.435 bits per heavy atom. The highest BCUT2D eigenvalue weighted by Crippen LogP contribution is 2.30. The van der Waals surface area contributed by atoms with Crippen molar-refractivity contribution in [1.29, 1.82) is 0 Å². The largest absolute Gasteiger partial charge is 0.394 e. The number of rotatable bonds is 52. The fourth-order valence-corrected chi connectivity index (χ4v) is 10.1. The number of hydrogen-bond acceptors (Lipinski definition) is 13. The van der Waals surface area contributed by atoms with Crippen LogP contribution in [0.2, 0.25) is 0 Å². The smallest absolute Gasteiger partial charge is 0.220 e. The van der Waals surface area contributed by atoms with E-state index in [9.17, 15) is 45.6 Å². The van der Waals surface area contributed by atoms with E-state index in [1.807, 2.05) is 6.08 Å². The molecule has 0 spiro atoms. The molecule has 2 aliphatic heterocycles. The molecule has 2 rings (SSSR count). The Morgan fingerprint density at radius 3 is 1.29 bits per heavy atom. The van der Waals surface area contributed by atoms with Crippen molar-refractivity contribution in [2.24, 2.45) is 0 Å². The molecule has 2 heterocycles. The molecule has 0 radical (unpaired) electrons. The third-order valence-corrected chi connectivity index (χ3v) is 15.4. The molecule has 0 aromatic heterocycles. The molecule has 12 atom stereocenters. The summed E-state index contributed by atoms with van der Waals surface area (Å²) in [5.74, 6) is -0.295.